The molecular weight excluding hydrogens is 332 g/mol. The van der Waals surface area contributed by atoms with Crippen molar-refractivity contribution in [3.05, 3.63) is 63.6 Å². The Bertz CT molecular complexity index is 684. The van der Waals surface area contributed by atoms with Crippen molar-refractivity contribution in [1.82, 2.24) is 5.43 Å². The van der Waals surface area contributed by atoms with Crippen molar-refractivity contribution in [2.24, 2.45) is 5.10 Å². The van der Waals surface area contributed by atoms with E-state index in [0.717, 1.165) is 21.3 Å². The summed E-state index contributed by atoms with van der Waals surface area (Å²) in [5, 5.41) is 3.97. The highest BCUT2D eigenvalue weighted by Gasteiger charge is 2.06. The van der Waals surface area contributed by atoms with Crippen LogP contribution in [0.1, 0.15) is 21.5 Å². The van der Waals surface area contributed by atoms with Crippen molar-refractivity contribution >= 4 is 28.1 Å². The molecule has 0 fully saturated rings. The summed E-state index contributed by atoms with van der Waals surface area (Å²) in [4.78, 5) is 12.0. The van der Waals surface area contributed by atoms with Crippen LogP contribution in [0.25, 0.3) is 0 Å². The summed E-state index contributed by atoms with van der Waals surface area (Å²) in [5.41, 5.74) is 4.91. The SMILES string of the molecule is COc1ccc(/C=N\NC(=O)c2ccccc2C)cc1Br. The summed E-state index contributed by atoms with van der Waals surface area (Å²) in [7, 11) is 1.61. The highest BCUT2D eigenvalue weighted by atomic mass is 79.9. The number of nitrogens with zero attached hydrogens (tertiary/aromatic N) is 1. The summed E-state index contributed by atoms with van der Waals surface area (Å²) in [5.74, 6) is 0.521. The smallest absolute Gasteiger partial charge is 0.271 e. The number of ether oxygens (including phenoxy) is 1. The molecule has 1 N–H and O–H groups in total. The summed E-state index contributed by atoms with van der Waals surface area (Å²) in [6.07, 6.45) is 1.58. The number of hydrazone groups is 1. The first kappa shape index (κ1) is 15.3. The van der Waals surface area contributed by atoms with E-state index in [1.54, 1.807) is 19.4 Å². The number of methoxy groups -OCH3 is 1. The first-order chi connectivity index (χ1) is 10.1. The fraction of sp³-hybridized carbons (Fsp3) is 0.125. The number of hydrogen-bond acceptors (Lipinski definition) is 3. The van der Waals surface area contributed by atoms with E-state index >= 15 is 0 Å². The maximum Gasteiger partial charge on any atom is 0.271 e. The zero-order chi connectivity index (χ0) is 15.2. The first-order valence-electron chi connectivity index (χ1n) is 6.34. The van der Waals surface area contributed by atoms with Crippen LogP contribution in [-0.4, -0.2) is 19.2 Å². The summed E-state index contributed by atoms with van der Waals surface area (Å²) < 4.78 is 5.99. The molecule has 0 atom stereocenters. The van der Waals surface area contributed by atoms with Crippen LogP contribution in [0.3, 0.4) is 0 Å². The minimum Gasteiger partial charge on any atom is -0.496 e. The van der Waals surface area contributed by atoms with Gasteiger partial charge in [-0.25, -0.2) is 5.43 Å². The van der Waals surface area contributed by atoms with Gasteiger partial charge in [-0.1, -0.05) is 18.2 Å². The Hall–Kier alpha value is -2.14. The molecule has 21 heavy (non-hydrogen) atoms. The van der Waals surface area contributed by atoms with E-state index in [4.69, 9.17) is 4.74 Å². The molecule has 4 nitrogen and oxygen atoms in total. The van der Waals surface area contributed by atoms with Gasteiger partial charge in [0.25, 0.3) is 5.91 Å². The molecule has 108 valence electrons. The average molecular weight is 347 g/mol. The van der Waals surface area contributed by atoms with Crippen LogP contribution >= 0.6 is 15.9 Å². The molecule has 2 aromatic rings. The van der Waals surface area contributed by atoms with E-state index in [-0.39, 0.29) is 5.91 Å². The molecule has 0 aliphatic rings. The fourth-order valence-corrected chi connectivity index (χ4v) is 2.37. The van der Waals surface area contributed by atoms with Crippen LogP contribution in [0.4, 0.5) is 0 Å². The maximum atomic E-state index is 12.0. The Labute approximate surface area is 132 Å². The number of amides is 1. The minimum absolute atomic E-state index is 0.225. The predicted octanol–water partition coefficient (Wildman–Crippen LogP) is 3.53. The lowest BCUT2D eigenvalue weighted by Gasteiger charge is -2.04. The van der Waals surface area contributed by atoms with Crippen molar-refractivity contribution < 1.29 is 9.53 Å². The van der Waals surface area contributed by atoms with Crippen molar-refractivity contribution in [2.75, 3.05) is 7.11 Å². The quantitative estimate of drug-likeness (QED) is 0.680. The van der Waals surface area contributed by atoms with E-state index in [9.17, 15) is 4.79 Å². The topological polar surface area (TPSA) is 50.7 Å². The number of benzene rings is 2. The number of nitrogens with one attached hydrogen (secondary N) is 1. The number of carbonyl (C=O) groups is 1. The number of rotatable bonds is 4. The molecule has 0 aliphatic carbocycles. The summed E-state index contributed by atoms with van der Waals surface area (Å²) in [6.45, 7) is 1.89. The highest BCUT2D eigenvalue weighted by molar-refractivity contribution is 9.10. The molecule has 0 aliphatic heterocycles. The van der Waals surface area contributed by atoms with Gasteiger partial charge < -0.3 is 4.74 Å². The van der Waals surface area contributed by atoms with Gasteiger partial charge in [-0.2, -0.15) is 5.10 Å². The molecule has 0 unspecified atom stereocenters. The third-order valence-corrected chi connectivity index (χ3v) is 3.56. The van der Waals surface area contributed by atoms with Gasteiger partial charge in [0.2, 0.25) is 0 Å². The maximum absolute atomic E-state index is 12.0. The molecule has 5 heteroatoms. The average Bonchev–Trinajstić information content (AvgIpc) is 2.48. The van der Waals surface area contributed by atoms with Gasteiger partial charge in [-0.05, 0) is 58.2 Å². The monoisotopic (exact) mass is 346 g/mol. The summed E-state index contributed by atoms with van der Waals surface area (Å²) >= 11 is 3.40. The van der Waals surface area contributed by atoms with Gasteiger partial charge in [0.05, 0.1) is 17.8 Å². The Morgan fingerprint density at radius 1 is 1.29 bits per heavy atom. The molecule has 0 saturated carbocycles. The lowest BCUT2D eigenvalue weighted by atomic mass is 10.1. The third kappa shape index (κ3) is 3.92. The molecule has 0 aromatic heterocycles. The first-order valence-corrected chi connectivity index (χ1v) is 7.13. The van der Waals surface area contributed by atoms with Crippen LogP contribution < -0.4 is 10.2 Å². The van der Waals surface area contributed by atoms with Crippen molar-refractivity contribution in [1.29, 1.82) is 0 Å². The third-order valence-electron chi connectivity index (χ3n) is 2.95. The number of carbonyl (C=O) groups excluding carboxylic acids is 1. The normalized spacial score (nSPS) is 10.6. The lowest BCUT2D eigenvalue weighted by molar-refractivity contribution is 0.0954. The molecule has 2 rings (SSSR count). The van der Waals surface area contributed by atoms with Crippen molar-refractivity contribution in [3.63, 3.8) is 0 Å². The second-order valence-corrected chi connectivity index (χ2v) is 5.26. The van der Waals surface area contributed by atoms with E-state index < -0.39 is 0 Å². The molecule has 0 spiro atoms. The van der Waals surface area contributed by atoms with Gasteiger partial charge in [0.1, 0.15) is 5.75 Å². The lowest BCUT2D eigenvalue weighted by Crippen LogP contribution is -2.18. The van der Waals surface area contributed by atoms with Crippen LogP contribution in [-0.2, 0) is 0 Å². The Kier molecular flexibility index (Phi) is 5.11. The molecule has 1 amide bonds. The van der Waals surface area contributed by atoms with Crippen LogP contribution in [0.15, 0.2) is 52.0 Å². The zero-order valence-electron chi connectivity index (χ0n) is 11.8. The molecule has 0 radical (unpaired) electrons. The Balaban J connectivity index is 2.04. The van der Waals surface area contributed by atoms with Gasteiger partial charge in [-0.3, -0.25) is 4.79 Å². The van der Waals surface area contributed by atoms with Gasteiger partial charge in [0.15, 0.2) is 0 Å². The largest absolute Gasteiger partial charge is 0.496 e. The fourth-order valence-electron chi connectivity index (χ4n) is 1.82. The van der Waals surface area contributed by atoms with Gasteiger partial charge >= 0.3 is 0 Å². The Morgan fingerprint density at radius 3 is 2.71 bits per heavy atom. The van der Waals surface area contributed by atoms with Crippen LogP contribution in [0.5, 0.6) is 5.75 Å². The summed E-state index contributed by atoms with van der Waals surface area (Å²) in [6, 6.07) is 12.9. The van der Waals surface area contributed by atoms with E-state index in [1.165, 1.54) is 0 Å². The Morgan fingerprint density at radius 2 is 2.05 bits per heavy atom. The molecule has 0 saturated heterocycles. The highest BCUT2D eigenvalue weighted by Crippen LogP contribution is 2.24. The second-order valence-electron chi connectivity index (χ2n) is 4.41. The van der Waals surface area contributed by atoms with Crippen LogP contribution in [0, 0.1) is 6.92 Å². The molecule has 0 bridgehead atoms. The second kappa shape index (κ2) is 7.04. The number of aryl methyl sites for hydroxylation is 1. The van der Waals surface area contributed by atoms with Crippen LogP contribution in [0.2, 0.25) is 0 Å². The van der Waals surface area contributed by atoms with Gasteiger partial charge in [0, 0.05) is 5.56 Å². The number of halogens is 1. The number of hydrogen-bond donors (Lipinski definition) is 1. The van der Waals surface area contributed by atoms with Crippen molar-refractivity contribution in [2.45, 2.75) is 6.92 Å². The molecule has 0 heterocycles. The molecule has 2 aromatic carbocycles. The van der Waals surface area contributed by atoms with E-state index in [1.807, 2.05) is 43.3 Å². The van der Waals surface area contributed by atoms with E-state index in [2.05, 4.69) is 26.5 Å². The molecular formula is C16H15BrN2O2. The minimum atomic E-state index is -0.225. The van der Waals surface area contributed by atoms with Gasteiger partial charge in [-0.15, -0.1) is 0 Å². The predicted molar refractivity (Wildman–Crippen MR) is 86.9 cm³/mol. The van der Waals surface area contributed by atoms with E-state index in [0.29, 0.717) is 5.56 Å². The van der Waals surface area contributed by atoms with Crippen molar-refractivity contribution in [3.8, 4) is 5.75 Å². The standard InChI is InChI=1S/C16H15BrN2O2/c1-11-5-3-4-6-13(11)16(20)19-18-10-12-7-8-15(21-2)14(17)9-12/h3-10H,1-2H3,(H,19,20)/b18-10-. The zero-order valence-corrected chi connectivity index (χ0v) is 13.3.